The number of benzene rings is 1. The summed E-state index contributed by atoms with van der Waals surface area (Å²) in [6, 6.07) is 0.345. The maximum atomic E-state index is 13.2. The highest BCUT2D eigenvalue weighted by molar-refractivity contribution is 5.48. The van der Waals surface area contributed by atoms with Gasteiger partial charge in [-0.3, -0.25) is 0 Å². The highest BCUT2D eigenvalue weighted by Crippen LogP contribution is 2.37. The number of alkyl halides is 3. The van der Waals surface area contributed by atoms with E-state index in [1.165, 1.54) is 6.92 Å². The van der Waals surface area contributed by atoms with Crippen molar-refractivity contribution < 1.29 is 22.0 Å². The molecule has 0 bridgehead atoms. The van der Waals surface area contributed by atoms with Crippen LogP contribution in [0.5, 0.6) is 0 Å². The first kappa shape index (κ1) is 11.7. The maximum absolute atomic E-state index is 13.2. The van der Waals surface area contributed by atoms with Gasteiger partial charge in [-0.1, -0.05) is 6.92 Å². The Labute approximate surface area is 82.7 Å². The molecule has 1 nitrogen and oxygen atoms in total. The molecule has 1 rings (SSSR count). The average molecular weight is 225 g/mol. The molecule has 0 saturated carbocycles. The lowest BCUT2D eigenvalue weighted by molar-refractivity contribution is -0.140. The molecule has 0 amide bonds. The summed E-state index contributed by atoms with van der Waals surface area (Å²) in [6.45, 7) is 1.30. The van der Waals surface area contributed by atoms with Crippen molar-refractivity contribution in [3.05, 3.63) is 28.8 Å². The summed E-state index contributed by atoms with van der Waals surface area (Å²) in [7, 11) is 0. The van der Waals surface area contributed by atoms with Crippen molar-refractivity contribution in [3.8, 4) is 0 Å². The molecule has 0 aromatic heterocycles. The molecule has 0 spiro atoms. The van der Waals surface area contributed by atoms with Gasteiger partial charge in [-0.15, -0.1) is 0 Å². The number of hydrogen-bond acceptors (Lipinski definition) is 1. The fourth-order valence-corrected chi connectivity index (χ4v) is 1.34. The third-order valence-corrected chi connectivity index (χ3v) is 1.98. The van der Waals surface area contributed by atoms with Gasteiger partial charge in [0.15, 0.2) is 0 Å². The summed E-state index contributed by atoms with van der Waals surface area (Å²) in [5.41, 5.74) is 2.10. The Morgan fingerprint density at radius 3 is 2.20 bits per heavy atom. The van der Waals surface area contributed by atoms with Gasteiger partial charge in [-0.25, -0.2) is 8.78 Å². The molecule has 0 saturated heterocycles. The average Bonchev–Trinajstić information content (AvgIpc) is 2.08. The Kier molecular flexibility index (Phi) is 2.88. The minimum atomic E-state index is -4.91. The van der Waals surface area contributed by atoms with Gasteiger partial charge in [0.05, 0.1) is 11.3 Å². The van der Waals surface area contributed by atoms with Gasteiger partial charge < -0.3 is 5.73 Å². The molecular weight excluding hydrogens is 217 g/mol. The van der Waals surface area contributed by atoms with Crippen LogP contribution >= 0.6 is 0 Å². The number of rotatable bonds is 1. The van der Waals surface area contributed by atoms with E-state index in [1.54, 1.807) is 0 Å². The summed E-state index contributed by atoms with van der Waals surface area (Å²) in [5, 5.41) is 0. The van der Waals surface area contributed by atoms with Crippen LogP contribution in [0.2, 0.25) is 0 Å². The molecule has 6 heteroatoms. The monoisotopic (exact) mass is 225 g/mol. The van der Waals surface area contributed by atoms with Gasteiger partial charge in [-0.2, -0.15) is 13.2 Å². The zero-order chi connectivity index (χ0) is 11.8. The smallest absolute Gasteiger partial charge is 0.396 e. The van der Waals surface area contributed by atoms with Crippen molar-refractivity contribution >= 4 is 5.69 Å². The zero-order valence-corrected chi connectivity index (χ0v) is 7.75. The standard InChI is InChI=1S/C9H8F5N/c1-2-4-7(9(12,13)14)5(10)3-6(15)8(4)11/h3H,2,15H2,1H3. The molecule has 84 valence electrons. The summed E-state index contributed by atoms with van der Waals surface area (Å²) >= 11 is 0. The van der Waals surface area contributed by atoms with Crippen LogP contribution in [0, 0.1) is 11.6 Å². The molecule has 15 heavy (non-hydrogen) atoms. The Bertz CT molecular complexity index is 383. The van der Waals surface area contributed by atoms with E-state index in [-0.39, 0.29) is 6.42 Å². The first-order chi connectivity index (χ1) is 6.79. The van der Waals surface area contributed by atoms with E-state index >= 15 is 0 Å². The van der Waals surface area contributed by atoms with Gasteiger partial charge in [0.1, 0.15) is 11.6 Å². The van der Waals surface area contributed by atoms with Gasteiger partial charge in [0.2, 0.25) is 0 Å². The Morgan fingerprint density at radius 2 is 1.80 bits per heavy atom. The lowest BCUT2D eigenvalue weighted by Crippen LogP contribution is -2.15. The van der Waals surface area contributed by atoms with E-state index in [0.29, 0.717) is 6.07 Å². The molecule has 0 radical (unpaired) electrons. The number of nitrogen functional groups attached to an aromatic ring is 1. The summed E-state index contributed by atoms with van der Waals surface area (Å²) in [6.07, 6.45) is -5.19. The fraction of sp³-hybridized carbons (Fsp3) is 0.333. The molecule has 0 aliphatic heterocycles. The SMILES string of the molecule is CCc1c(F)c(N)cc(F)c1C(F)(F)F. The molecule has 0 heterocycles. The van der Waals surface area contributed by atoms with E-state index < -0.39 is 34.6 Å². The van der Waals surface area contributed by atoms with Crippen molar-refractivity contribution in [1.82, 2.24) is 0 Å². The number of hydrogen-bond donors (Lipinski definition) is 1. The highest BCUT2D eigenvalue weighted by atomic mass is 19.4. The Balaban J connectivity index is 3.57. The second-order valence-corrected chi connectivity index (χ2v) is 2.97. The summed E-state index contributed by atoms with van der Waals surface area (Å²) in [5.74, 6) is -2.75. The molecule has 1 aromatic carbocycles. The van der Waals surface area contributed by atoms with Crippen LogP contribution in [0.3, 0.4) is 0 Å². The second kappa shape index (κ2) is 3.67. The predicted octanol–water partition coefficient (Wildman–Crippen LogP) is 3.13. The Hall–Kier alpha value is -1.33. The Morgan fingerprint density at radius 1 is 1.27 bits per heavy atom. The van der Waals surface area contributed by atoms with Crippen molar-refractivity contribution in [3.63, 3.8) is 0 Å². The molecule has 0 fully saturated rings. The molecule has 0 aliphatic carbocycles. The van der Waals surface area contributed by atoms with Crippen molar-refractivity contribution in [2.75, 3.05) is 5.73 Å². The van der Waals surface area contributed by atoms with Crippen LogP contribution in [0.15, 0.2) is 6.07 Å². The number of nitrogens with two attached hydrogens (primary N) is 1. The van der Waals surface area contributed by atoms with Crippen LogP contribution in [0.1, 0.15) is 18.1 Å². The van der Waals surface area contributed by atoms with Crippen LogP contribution < -0.4 is 5.73 Å². The van der Waals surface area contributed by atoms with E-state index in [9.17, 15) is 22.0 Å². The second-order valence-electron chi connectivity index (χ2n) is 2.97. The maximum Gasteiger partial charge on any atom is 0.419 e. The van der Waals surface area contributed by atoms with Crippen LogP contribution in [-0.4, -0.2) is 0 Å². The lowest BCUT2D eigenvalue weighted by Gasteiger charge is -2.14. The molecule has 0 unspecified atom stereocenters. The van der Waals surface area contributed by atoms with Gasteiger partial charge >= 0.3 is 6.18 Å². The van der Waals surface area contributed by atoms with Crippen molar-refractivity contribution in [1.29, 1.82) is 0 Å². The number of halogens is 5. The van der Waals surface area contributed by atoms with Crippen LogP contribution in [-0.2, 0) is 12.6 Å². The molecule has 0 atom stereocenters. The zero-order valence-electron chi connectivity index (χ0n) is 7.75. The third kappa shape index (κ3) is 2.03. The summed E-state index contributed by atoms with van der Waals surface area (Å²) < 4.78 is 63.3. The predicted molar refractivity (Wildman–Crippen MR) is 45.2 cm³/mol. The first-order valence-corrected chi connectivity index (χ1v) is 4.12. The van der Waals surface area contributed by atoms with E-state index in [0.717, 1.165) is 0 Å². The molecular formula is C9H8F5N. The fourth-order valence-electron chi connectivity index (χ4n) is 1.34. The molecule has 0 aliphatic rings. The van der Waals surface area contributed by atoms with Crippen LogP contribution in [0.25, 0.3) is 0 Å². The largest absolute Gasteiger partial charge is 0.419 e. The summed E-state index contributed by atoms with van der Waals surface area (Å²) in [4.78, 5) is 0. The van der Waals surface area contributed by atoms with Crippen molar-refractivity contribution in [2.45, 2.75) is 19.5 Å². The minimum absolute atomic E-state index is 0.275. The molecule has 1 aromatic rings. The van der Waals surface area contributed by atoms with Crippen molar-refractivity contribution in [2.24, 2.45) is 0 Å². The van der Waals surface area contributed by atoms with E-state index in [2.05, 4.69) is 0 Å². The molecule has 2 N–H and O–H groups in total. The normalized spacial score (nSPS) is 11.9. The first-order valence-electron chi connectivity index (χ1n) is 4.12. The van der Waals surface area contributed by atoms with E-state index in [4.69, 9.17) is 5.73 Å². The highest BCUT2D eigenvalue weighted by Gasteiger charge is 2.38. The van der Waals surface area contributed by atoms with Gasteiger partial charge in [-0.05, 0) is 6.42 Å². The van der Waals surface area contributed by atoms with Crippen LogP contribution in [0.4, 0.5) is 27.6 Å². The quantitative estimate of drug-likeness (QED) is 0.576. The van der Waals surface area contributed by atoms with E-state index in [1.807, 2.05) is 0 Å². The topological polar surface area (TPSA) is 26.0 Å². The minimum Gasteiger partial charge on any atom is -0.396 e. The lowest BCUT2D eigenvalue weighted by atomic mass is 10.0. The van der Waals surface area contributed by atoms with Gasteiger partial charge in [0.25, 0.3) is 0 Å². The number of anilines is 1. The van der Waals surface area contributed by atoms with Gasteiger partial charge in [0, 0.05) is 11.6 Å². The third-order valence-electron chi connectivity index (χ3n) is 1.98.